The first-order valence-corrected chi connectivity index (χ1v) is 18.4. The molecule has 0 radical (unpaired) electrons. The zero-order valence-corrected chi connectivity index (χ0v) is 30.6. The average Bonchev–Trinajstić information content (AvgIpc) is 3.56. The Labute approximate surface area is 305 Å². The Kier molecular flexibility index (Phi) is 11.2. The summed E-state index contributed by atoms with van der Waals surface area (Å²) in [5.74, 6) is -0.804. The maximum Gasteiger partial charge on any atom is 0.328 e. The quantitative estimate of drug-likeness (QED) is 0.230. The second-order valence-electron chi connectivity index (χ2n) is 15.1. The van der Waals surface area contributed by atoms with Gasteiger partial charge in [-0.1, -0.05) is 37.1 Å². The minimum atomic E-state index is -1.26. The van der Waals surface area contributed by atoms with Gasteiger partial charge in [-0.2, -0.15) is 0 Å². The van der Waals surface area contributed by atoms with Crippen LogP contribution < -0.4 is 10.1 Å². The Balaban J connectivity index is 0.000000150. The minimum absolute atomic E-state index is 0.0126. The first-order chi connectivity index (χ1) is 24.9. The van der Waals surface area contributed by atoms with E-state index in [-0.39, 0.29) is 24.5 Å². The lowest BCUT2D eigenvalue weighted by Crippen LogP contribution is -2.59. The number of H-pyrrole nitrogens is 1. The van der Waals surface area contributed by atoms with E-state index in [0.29, 0.717) is 30.2 Å². The number of ether oxygens (including phenoxy) is 1. The molecule has 3 heterocycles. The number of amides is 1. The molecule has 52 heavy (non-hydrogen) atoms. The van der Waals surface area contributed by atoms with Crippen LogP contribution in [0.15, 0.2) is 60.8 Å². The van der Waals surface area contributed by atoms with Crippen LogP contribution in [0.5, 0.6) is 5.75 Å². The second-order valence-corrected chi connectivity index (χ2v) is 15.1. The van der Waals surface area contributed by atoms with Gasteiger partial charge in [0.1, 0.15) is 5.75 Å². The number of carbonyl (C=O) groups is 3. The maximum absolute atomic E-state index is 12.5. The van der Waals surface area contributed by atoms with Gasteiger partial charge in [0, 0.05) is 59.3 Å². The van der Waals surface area contributed by atoms with Crippen molar-refractivity contribution in [3.63, 3.8) is 0 Å². The zero-order chi connectivity index (χ0) is 37.2. The van der Waals surface area contributed by atoms with Crippen LogP contribution in [0, 0.1) is 11.8 Å². The third-order valence-electron chi connectivity index (χ3n) is 12.0. The molecule has 6 atom stereocenters. The number of aliphatic hydroxyl groups is 1. The molecule has 2 aromatic carbocycles. The van der Waals surface area contributed by atoms with Gasteiger partial charge in [-0.25, -0.2) is 9.59 Å². The number of aromatic amines is 1. The summed E-state index contributed by atoms with van der Waals surface area (Å²) in [6.07, 6.45) is 14.6. The predicted molar refractivity (Wildman–Crippen MR) is 200 cm³/mol. The number of carbonyl (C=O) groups excluding carboxylic acids is 1. The normalized spacial score (nSPS) is 26.6. The summed E-state index contributed by atoms with van der Waals surface area (Å²) in [6.45, 7) is 3.74. The summed E-state index contributed by atoms with van der Waals surface area (Å²) >= 11 is 0. The molecule has 1 amide bonds. The molecule has 2 bridgehead atoms. The molecule has 1 aromatic heterocycles. The maximum atomic E-state index is 12.5. The number of methoxy groups -OCH3 is 1. The van der Waals surface area contributed by atoms with Crippen molar-refractivity contribution in [3.8, 4) is 5.75 Å². The van der Waals surface area contributed by atoms with Gasteiger partial charge in [0.25, 0.3) is 0 Å². The van der Waals surface area contributed by atoms with Crippen molar-refractivity contribution in [1.82, 2.24) is 20.1 Å². The van der Waals surface area contributed by atoms with Crippen molar-refractivity contribution in [3.05, 3.63) is 83.1 Å². The fourth-order valence-corrected chi connectivity index (χ4v) is 9.46. The van der Waals surface area contributed by atoms with E-state index in [2.05, 4.69) is 82.9 Å². The molecule has 5 aliphatic rings. The number of hydrogen-bond donors (Lipinski definition) is 5. The van der Waals surface area contributed by atoms with Crippen LogP contribution >= 0.6 is 0 Å². The number of hydrogen-bond acceptors (Lipinski definition) is 7. The second kappa shape index (κ2) is 15.7. The highest BCUT2D eigenvalue weighted by atomic mass is 16.5. The number of benzene rings is 2. The SMILES string of the molecule is COc1ccc2c(c1)[C@]13CCCC[C@@H]1[C@H](C2)N(C)CC3.C[C@@H](CO)NC(=O)[C@@H]1C=C2c3cccc4[nH]cc(c34)C[C@H]2N(C)C1.O=C(O)/C=C\C(=O)O. The number of aliphatic carboxylic acids is 2. The number of carboxylic acid groups (broad SMARTS) is 2. The van der Waals surface area contributed by atoms with Crippen molar-refractivity contribution in [1.29, 1.82) is 0 Å². The van der Waals surface area contributed by atoms with Gasteiger partial charge in [0.2, 0.25) is 5.91 Å². The van der Waals surface area contributed by atoms with Gasteiger partial charge in [-0.3, -0.25) is 9.69 Å². The molecular weight excluding hydrogens is 660 g/mol. The van der Waals surface area contributed by atoms with Crippen molar-refractivity contribution < 1.29 is 34.4 Å². The van der Waals surface area contributed by atoms with Crippen LogP contribution in [0.3, 0.4) is 0 Å². The van der Waals surface area contributed by atoms with Crippen LogP contribution in [-0.2, 0) is 32.6 Å². The Hall–Kier alpha value is -4.45. The molecule has 1 saturated carbocycles. The van der Waals surface area contributed by atoms with E-state index in [0.717, 1.165) is 29.6 Å². The summed E-state index contributed by atoms with van der Waals surface area (Å²) in [5, 5.41) is 29.0. The topological polar surface area (TPSA) is 155 Å². The Morgan fingerprint density at radius 1 is 1.04 bits per heavy atom. The van der Waals surface area contributed by atoms with Crippen LogP contribution in [0.25, 0.3) is 16.5 Å². The van der Waals surface area contributed by atoms with Gasteiger partial charge in [-0.15, -0.1) is 0 Å². The molecule has 5 N–H and O–H groups in total. The lowest BCUT2D eigenvalue weighted by Gasteiger charge is -2.58. The van der Waals surface area contributed by atoms with Crippen LogP contribution in [0.1, 0.15) is 61.3 Å². The first kappa shape index (κ1) is 37.3. The van der Waals surface area contributed by atoms with Gasteiger partial charge in [0.05, 0.1) is 19.6 Å². The first-order valence-electron chi connectivity index (χ1n) is 18.4. The van der Waals surface area contributed by atoms with Crippen LogP contribution in [-0.4, -0.2) is 107 Å². The van der Waals surface area contributed by atoms with Crippen molar-refractivity contribution in [2.75, 3.05) is 40.9 Å². The number of nitrogens with zero attached hydrogens (tertiary/aromatic N) is 2. The van der Waals surface area contributed by atoms with E-state index in [4.69, 9.17) is 20.1 Å². The molecule has 2 fully saturated rings. The molecule has 0 spiro atoms. The van der Waals surface area contributed by atoms with E-state index in [9.17, 15) is 14.4 Å². The molecule has 1 saturated heterocycles. The van der Waals surface area contributed by atoms with E-state index in [1.54, 1.807) is 18.2 Å². The Morgan fingerprint density at radius 2 is 1.81 bits per heavy atom. The molecule has 11 nitrogen and oxygen atoms in total. The highest BCUT2D eigenvalue weighted by molar-refractivity contribution is 5.99. The monoisotopic (exact) mass is 712 g/mol. The number of aliphatic hydroxyl groups excluding tert-OH is 1. The fourth-order valence-electron chi connectivity index (χ4n) is 9.46. The third kappa shape index (κ3) is 7.40. The molecule has 0 unspecified atom stereocenters. The number of rotatable bonds is 6. The molecule has 2 aliphatic heterocycles. The van der Waals surface area contributed by atoms with Gasteiger partial charge in [0.15, 0.2) is 0 Å². The largest absolute Gasteiger partial charge is 0.497 e. The van der Waals surface area contributed by atoms with E-state index >= 15 is 0 Å². The van der Waals surface area contributed by atoms with Crippen molar-refractivity contribution >= 4 is 34.3 Å². The molecule has 3 aliphatic carbocycles. The standard InChI is InChI=1S/C19H23N3O2.C18H25NO.C4H4O4/c1-11(10-23)21-19(24)13-6-15-14-4-3-5-16-18(14)12(8-20-16)7-17(15)22(2)9-13;1-19-10-9-18-8-4-3-5-15(18)17(19)11-13-6-7-14(20-2)12-16(13)18;5-3(6)1-2-4(7)8/h3-6,8,11,13,17,20,23H,7,9-10H2,1-2H3,(H,21,24);6-7,12,15,17H,3-5,8-11H2,1-2H3;1-2H,(H,5,6)(H,7,8)/b;;2-1-/t11-,13+,17+;15-,17+,18+;/m01./s1. The minimum Gasteiger partial charge on any atom is -0.497 e. The average molecular weight is 713 g/mol. The Morgan fingerprint density at radius 3 is 2.52 bits per heavy atom. The summed E-state index contributed by atoms with van der Waals surface area (Å²) < 4.78 is 5.51. The number of fused-ring (bicyclic) bond motifs is 3. The molecule has 11 heteroatoms. The molecule has 8 rings (SSSR count). The number of aromatic nitrogens is 1. The summed E-state index contributed by atoms with van der Waals surface area (Å²) in [6, 6.07) is 14.0. The van der Waals surface area contributed by atoms with Gasteiger partial charge >= 0.3 is 11.9 Å². The van der Waals surface area contributed by atoms with E-state index in [1.807, 2.05) is 6.92 Å². The van der Waals surface area contributed by atoms with Gasteiger partial charge in [-0.05, 0) is 112 Å². The molecule has 278 valence electrons. The highest BCUT2D eigenvalue weighted by Crippen LogP contribution is 2.56. The smallest absolute Gasteiger partial charge is 0.328 e. The highest BCUT2D eigenvalue weighted by Gasteiger charge is 2.53. The predicted octanol–water partition coefficient (Wildman–Crippen LogP) is 4.63. The molecule has 3 aromatic rings. The zero-order valence-electron chi connectivity index (χ0n) is 30.6. The van der Waals surface area contributed by atoms with Crippen molar-refractivity contribution in [2.45, 2.75) is 75.4 Å². The number of likely N-dealkylation sites (tertiary alicyclic amines) is 1. The summed E-state index contributed by atoms with van der Waals surface area (Å²) in [4.78, 5) is 39.9. The third-order valence-corrected chi connectivity index (χ3v) is 12.0. The number of likely N-dealkylation sites (N-methyl/N-ethyl adjacent to an activating group) is 2. The lowest BCUT2D eigenvalue weighted by atomic mass is 9.52. The van der Waals surface area contributed by atoms with Crippen LogP contribution in [0.2, 0.25) is 0 Å². The molecular formula is C41H52N4O7. The van der Waals surface area contributed by atoms with Crippen LogP contribution in [0.4, 0.5) is 0 Å². The summed E-state index contributed by atoms with van der Waals surface area (Å²) in [7, 11) is 6.21. The fraction of sp³-hybridized carbons (Fsp3) is 0.488. The number of carboxylic acids is 2. The van der Waals surface area contributed by atoms with E-state index < -0.39 is 11.9 Å². The lowest BCUT2D eigenvalue weighted by molar-refractivity contribution is -0.134. The van der Waals surface area contributed by atoms with Crippen molar-refractivity contribution in [2.24, 2.45) is 11.8 Å². The number of nitrogens with one attached hydrogen (secondary N) is 2. The Bertz CT molecular complexity index is 1850. The van der Waals surface area contributed by atoms with E-state index in [1.165, 1.54) is 67.2 Å². The number of piperidine rings is 1. The van der Waals surface area contributed by atoms with Gasteiger partial charge < -0.3 is 35.3 Å². The summed E-state index contributed by atoms with van der Waals surface area (Å²) in [5.41, 5.74) is 8.66.